The van der Waals surface area contributed by atoms with E-state index in [0.29, 0.717) is 11.1 Å². The summed E-state index contributed by atoms with van der Waals surface area (Å²) in [5, 5.41) is 0. The third-order valence-electron chi connectivity index (χ3n) is 3.34. The van der Waals surface area contributed by atoms with Gasteiger partial charge in [0.2, 0.25) is 0 Å². The lowest BCUT2D eigenvalue weighted by molar-refractivity contribution is 0.0784. The topological polar surface area (TPSA) is 23.6 Å². The van der Waals surface area contributed by atoms with Crippen LogP contribution in [-0.2, 0) is 6.54 Å². The minimum atomic E-state index is -0.292. The Labute approximate surface area is 124 Å². The van der Waals surface area contributed by atoms with Gasteiger partial charge in [-0.25, -0.2) is 4.39 Å². The zero-order valence-electron chi connectivity index (χ0n) is 12.5. The van der Waals surface area contributed by atoms with Crippen LogP contribution in [0.15, 0.2) is 48.5 Å². The molecule has 0 spiro atoms. The first kappa shape index (κ1) is 15.0. The Balaban J connectivity index is 2.10. The van der Waals surface area contributed by atoms with Gasteiger partial charge in [0.05, 0.1) is 0 Å². The number of nitrogens with zero attached hydrogens (tertiary/aromatic N) is 2. The quantitative estimate of drug-likeness (QED) is 0.862. The van der Waals surface area contributed by atoms with Gasteiger partial charge >= 0.3 is 0 Å². The molecule has 4 heteroatoms. The van der Waals surface area contributed by atoms with Crippen LogP contribution in [0.1, 0.15) is 15.9 Å². The number of hydrogen-bond acceptors (Lipinski definition) is 2. The molecule has 0 saturated carbocycles. The van der Waals surface area contributed by atoms with Gasteiger partial charge in [0, 0.05) is 44.5 Å². The first-order valence-electron chi connectivity index (χ1n) is 6.75. The molecule has 0 aliphatic rings. The van der Waals surface area contributed by atoms with Crippen molar-refractivity contribution in [3.05, 3.63) is 65.5 Å². The molecule has 0 fully saturated rings. The molecule has 2 rings (SSSR count). The first-order chi connectivity index (χ1) is 9.99. The van der Waals surface area contributed by atoms with Crippen molar-refractivity contribution < 1.29 is 9.18 Å². The average Bonchev–Trinajstić information content (AvgIpc) is 2.49. The van der Waals surface area contributed by atoms with Gasteiger partial charge in [0.25, 0.3) is 5.91 Å². The van der Waals surface area contributed by atoms with Crippen LogP contribution in [0.2, 0.25) is 0 Å². The van der Waals surface area contributed by atoms with E-state index in [1.165, 1.54) is 11.0 Å². The van der Waals surface area contributed by atoms with E-state index < -0.39 is 0 Å². The molecule has 0 bridgehead atoms. The van der Waals surface area contributed by atoms with Crippen molar-refractivity contribution in [2.45, 2.75) is 6.54 Å². The fraction of sp³-hybridized carbons (Fsp3) is 0.235. The number of hydrogen-bond donors (Lipinski definition) is 0. The smallest absolute Gasteiger partial charge is 0.253 e. The van der Waals surface area contributed by atoms with Gasteiger partial charge in [-0.05, 0) is 30.3 Å². The standard InChI is InChI=1S/C17H19FN2O/c1-19(2)15-10-8-13(9-11-15)17(21)20(3)12-14-6-4-5-7-16(14)18/h4-11H,12H2,1-3H3. The van der Waals surface area contributed by atoms with E-state index in [1.54, 1.807) is 37.4 Å². The molecule has 2 aromatic carbocycles. The van der Waals surface area contributed by atoms with Gasteiger partial charge in [-0.2, -0.15) is 0 Å². The summed E-state index contributed by atoms with van der Waals surface area (Å²) in [6.07, 6.45) is 0. The third-order valence-corrected chi connectivity index (χ3v) is 3.34. The SMILES string of the molecule is CN(Cc1ccccc1F)C(=O)c1ccc(N(C)C)cc1. The van der Waals surface area contributed by atoms with Crippen molar-refractivity contribution in [1.29, 1.82) is 0 Å². The van der Waals surface area contributed by atoms with Crippen LogP contribution in [0, 0.1) is 5.82 Å². The summed E-state index contributed by atoms with van der Waals surface area (Å²) in [5.74, 6) is -0.413. The number of carbonyl (C=O) groups excluding carboxylic acids is 1. The lowest BCUT2D eigenvalue weighted by Crippen LogP contribution is -2.26. The highest BCUT2D eigenvalue weighted by Crippen LogP contribution is 2.15. The molecule has 0 N–H and O–H groups in total. The largest absolute Gasteiger partial charge is 0.378 e. The molecule has 0 saturated heterocycles. The third kappa shape index (κ3) is 3.60. The maximum atomic E-state index is 13.6. The fourth-order valence-electron chi connectivity index (χ4n) is 2.08. The Morgan fingerprint density at radius 3 is 2.19 bits per heavy atom. The highest BCUT2D eigenvalue weighted by Gasteiger charge is 2.13. The van der Waals surface area contributed by atoms with E-state index in [-0.39, 0.29) is 18.3 Å². The molecular formula is C17H19FN2O. The molecule has 110 valence electrons. The Kier molecular flexibility index (Phi) is 4.58. The van der Waals surface area contributed by atoms with Crippen molar-refractivity contribution >= 4 is 11.6 Å². The van der Waals surface area contributed by atoms with Gasteiger partial charge in [-0.15, -0.1) is 0 Å². The van der Waals surface area contributed by atoms with Crippen LogP contribution in [-0.4, -0.2) is 32.0 Å². The van der Waals surface area contributed by atoms with Crippen LogP contribution in [0.5, 0.6) is 0 Å². The molecule has 0 aliphatic carbocycles. The van der Waals surface area contributed by atoms with Gasteiger partial charge in [0.15, 0.2) is 0 Å². The molecule has 0 aliphatic heterocycles. The predicted octanol–water partition coefficient (Wildman–Crippen LogP) is 3.16. The molecule has 21 heavy (non-hydrogen) atoms. The summed E-state index contributed by atoms with van der Waals surface area (Å²) in [4.78, 5) is 15.8. The number of rotatable bonds is 4. The Bertz CT molecular complexity index is 623. The zero-order chi connectivity index (χ0) is 15.4. The van der Waals surface area contributed by atoms with Gasteiger partial charge in [-0.1, -0.05) is 18.2 Å². The van der Waals surface area contributed by atoms with Gasteiger partial charge in [-0.3, -0.25) is 4.79 Å². The second kappa shape index (κ2) is 6.39. The van der Waals surface area contributed by atoms with Gasteiger partial charge < -0.3 is 9.80 Å². The predicted molar refractivity (Wildman–Crippen MR) is 83.0 cm³/mol. The second-order valence-electron chi connectivity index (χ2n) is 5.19. The van der Waals surface area contributed by atoms with Crippen LogP contribution in [0.4, 0.5) is 10.1 Å². The molecule has 1 amide bonds. The normalized spacial score (nSPS) is 10.3. The number of carbonyl (C=O) groups is 1. The molecule has 2 aromatic rings. The Morgan fingerprint density at radius 2 is 1.62 bits per heavy atom. The molecule has 0 aromatic heterocycles. The summed E-state index contributed by atoms with van der Waals surface area (Å²) < 4.78 is 13.6. The van der Waals surface area contributed by atoms with Crippen LogP contribution < -0.4 is 4.90 Å². The maximum Gasteiger partial charge on any atom is 0.253 e. The van der Waals surface area contributed by atoms with E-state index in [1.807, 2.05) is 31.1 Å². The number of benzene rings is 2. The zero-order valence-corrected chi connectivity index (χ0v) is 12.5. The minimum absolute atomic E-state index is 0.122. The van der Waals surface area contributed by atoms with Crippen LogP contribution in [0.3, 0.4) is 0 Å². The summed E-state index contributed by atoms with van der Waals surface area (Å²) in [5.41, 5.74) is 2.14. The van der Waals surface area contributed by atoms with Crippen molar-refractivity contribution in [1.82, 2.24) is 4.90 Å². The van der Waals surface area contributed by atoms with E-state index in [4.69, 9.17) is 0 Å². The van der Waals surface area contributed by atoms with Crippen molar-refractivity contribution in [2.24, 2.45) is 0 Å². The summed E-state index contributed by atoms with van der Waals surface area (Å²) in [6, 6.07) is 13.9. The monoisotopic (exact) mass is 286 g/mol. The lowest BCUT2D eigenvalue weighted by atomic mass is 10.1. The lowest BCUT2D eigenvalue weighted by Gasteiger charge is -2.18. The van der Waals surface area contributed by atoms with Crippen LogP contribution >= 0.6 is 0 Å². The number of halogens is 1. The number of amides is 1. The summed E-state index contributed by atoms with van der Waals surface area (Å²) >= 11 is 0. The molecule has 0 radical (unpaired) electrons. The van der Waals surface area contributed by atoms with Crippen molar-refractivity contribution in [2.75, 3.05) is 26.0 Å². The summed E-state index contributed by atoms with van der Waals surface area (Å²) in [7, 11) is 5.57. The maximum absolute atomic E-state index is 13.6. The van der Waals surface area contributed by atoms with E-state index >= 15 is 0 Å². The number of anilines is 1. The van der Waals surface area contributed by atoms with Crippen molar-refractivity contribution in [3.8, 4) is 0 Å². The molecular weight excluding hydrogens is 267 g/mol. The van der Waals surface area contributed by atoms with E-state index in [9.17, 15) is 9.18 Å². The molecule has 0 unspecified atom stereocenters. The second-order valence-corrected chi connectivity index (χ2v) is 5.19. The molecule has 0 heterocycles. The highest BCUT2D eigenvalue weighted by molar-refractivity contribution is 5.94. The summed E-state index contributed by atoms with van der Waals surface area (Å²) in [6.45, 7) is 0.251. The Morgan fingerprint density at radius 1 is 1.00 bits per heavy atom. The van der Waals surface area contributed by atoms with Gasteiger partial charge in [0.1, 0.15) is 5.82 Å². The fourth-order valence-corrected chi connectivity index (χ4v) is 2.08. The van der Waals surface area contributed by atoms with Crippen molar-refractivity contribution in [3.63, 3.8) is 0 Å². The van der Waals surface area contributed by atoms with E-state index in [2.05, 4.69) is 0 Å². The Hall–Kier alpha value is -2.36. The molecule has 0 atom stereocenters. The molecule has 3 nitrogen and oxygen atoms in total. The average molecular weight is 286 g/mol. The highest BCUT2D eigenvalue weighted by atomic mass is 19.1. The first-order valence-corrected chi connectivity index (χ1v) is 6.75. The van der Waals surface area contributed by atoms with E-state index in [0.717, 1.165) is 5.69 Å². The van der Waals surface area contributed by atoms with Crippen LogP contribution in [0.25, 0.3) is 0 Å². The minimum Gasteiger partial charge on any atom is -0.378 e.